The van der Waals surface area contributed by atoms with Gasteiger partial charge in [0.25, 0.3) is 5.56 Å². The van der Waals surface area contributed by atoms with Crippen LogP contribution >= 0.6 is 15.9 Å². The molecule has 1 fully saturated rings. The van der Waals surface area contributed by atoms with E-state index in [1.165, 1.54) is 4.57 Å². The minimum atomic E-state index is -0.555. The lowest BCUT2D eigenvalue weighted by Gasteiger charge is -2.15. The second-order valence-electron chi connectivity index (χ2n) is 4.59. The summed E-state index contributed by atoms with van der Waals surface area (Å²) in [5.74, 6) is -0.536. The molecule has 1 aliphatic rings. The lowest BCUT2D eigenvalue weighted by atomic mass is 10.1. The second kappa shape index (κ2) is 5.24. The van der Waals surface area contributed by atoms with Crippen LogP contribution in [-0.2, 0) is 11.8 Å². The van der Waals surface area contributed by atoms with Crippen molar-refractivity contribution in [2.24, 2.45) is 13.0 Å². The summed E-state index contributed by atoms with van der Waals surface area (Å²) in [4.78, 5) is 23.4. The maximum atomic E-state index is 12.0. The van der Waals surface area contributed by atoms with Crippen molar-refractivity contribution in [1.29, 1.82) is 0 Å². The molecule has 1 saturated carbocycles. The molecule has 0 saturated heterocycles. The highest BCUT2D eigenvalue weighted by molar-refractivity contribution is 9.10. The summed E-state index contributed by atoms with van der Waals surface area (Å²) in [5.41, 5.74) is 0.391. The summed E-state index contributed by atoms with van der Waals surface area (Å²) < 4.78 is 1.79. The van der Waals surface area contributed by atoms with Crippen molar-refractivity contribution >= 4 is 27.5 Å². The number of aliphatic hydroxyl groups excluding tert-OH is 1. The molecule has 6 heteroatoms. The fraction of sp³-hybridized carbons (Fsp3) is 0.500. The quantitative estimate of drug-likeness (QED) is 0.863. The Morgan fingerprint density at radius 1 is 1.56 bits per heavy atom. The molecule has 1 amide bonds. The fourth-order valence-corrected chi connectivity index (χ4v) is 2.75. The Labute approximate surface area is 113 Å². The Hall–Kier alpha value is -1.14. The molecule has 1 aromatic rings. The molecule has 1 aliphatic carbocycles. The Bertz CT molecular complexity index is 500. The van der Waals surface area contributed by atoms with E-state index in [-0.39, 0.29) is 17.4 Å². The van der Waals surface area contributed by atoms with E-state index in [1.807, 2.05) is 0 Å². The molecule has 0 aromatic carbocycles. The topological polar surface area (TPSA) is 71.3 Å². The summed E-state index contributed by atoms with van der Waals surface area (Å²) >= 11 is 3.15. The monoisotopic (exact) mass is 314 g/mol. The number of pyridine rings is 1. The Kier molecular flexibility index (Phi) is 3.87. The van der Waals surface area contributed by atoms with E-state index < -0.39 is 6.10 Å². The number of aromatic nitrogens is 1. The highest BCUT2D eigenvalue weighted by atomic mass is 79.9. The van der Waals surface area contributed by atoms with E-state index in [2.05, 4.69) is 21.2 Å². The normalized spacial score (nSPS) is 23.1. The first kappa shape index (κ1) is 13.3. The first-order valence-corrected chi connectivity index (χ1v) is 6.63. The fourth-order valence-electron chi connectivity index (χ4n) is 2.22. The summed E-state index contributed by atoms with van der Waals surface area (Å²) in [7, 11) is 1.62. The number of anilines is 1. The number of hydrogen-bond donors (Lipinski definition) is 2. The van der Waals surface area contributed by atoms with E-state index >= 15 is 0 Å². The molecule has 2 N–H and O–H groups in total. The van der Waals surface area contributed by atoms with Gasteiger partial charge in [0.1, 0.15) is 0 Å². The van der Waals surface area contributed by atoms with Gasteiger partial charge in [0.15, 0.2) is 0 Å². The van der Waals surface area contributed by atoms with Crippen LogP contribution in [0.15, 0.2) is 21.5 Å². The number of carbonyl (C=O) groups excluding carboxylic acids is 1. The molecular weight excluding hydrogens is 300 g/mol. The zero-order valence-corrected chi connectivity index (χ0v) is 11.6. The molecule has 1 heterocycles. The van der Waals surface area contributed by atoms with Gasteiger partial charge in [0, 0.05) is 13.2 Å². The Morgan fingerprint density at radius 3 is 2.83 bits per heavy atom. The average molecular weight is 315 g/mol. The standard InChI is InChI=1S/C12H15BrN2O3/c1-15-6-7(5-9(13)12(15)18)14-11(17)8-3-2-4-10(8)16/h5-6,8,10,16H,2-4H2,1H3,(H,14,17). The number of amides is 1. The Balaban J connectivity index is 2.14. The van der Waals surface area contributed by atoms with Gasteiger partial charge in [0.05, 0.1) is 22.2 Å². The van der Waals surface area contributed by atoms with Crippen molar-refractivity contribution < 1.29 is 9.90 Å². The third-order valence-electron chi connectivity index (χ3n) is 3.22. The van der Waals surface area contributed by atoms with Gasteiger partial charge in [-0.2, -0.15) is 0 Å². The Morgan fingerprint density at radius 2 is 2.28 bits per heavy atom. The molecule has 0 spiro atoms. The molecular formula is C12H15BrN2O3. The second-order valence-corrected chi connectivity index (χ2v) is 5.44. The first-order valence-electron chi connectivity index (χ1n) is 5.84. The van der Waals surface area contributed by atoms with Gasteiger partial charge in [-0.3, -0.25) is 9.59 Å². The van der Waals surface area contributed by atoms with Gasteiger partial charge in [-0.05, 0) is 41.3 Å². The van der Waals surface area contributed by atoms with Crippen molar-refractivity contribution in [2.45, 2.75) is 25.4 Å². The van der Waals surface area contributed by atoms with Gasteiger partial charge in [0.2, 0.25) is 5.91 Å². The molecule has 2 atom stereocenters. The number of nitrogens with zero attached hydrogens (tertiary/aromatic N) is 1. The van der Waals surface area contributed by atoms with Crippen LogP contribution in [0.5, 0.6) is 0 Å². The molecule has 2 unspecified atom stereocenters. The molecule has 0 aliphatic heterocycles. The third kappa shape index (κ3) is 2.64. The number of hydrogen-bond acceptors (Lipinski definition) is 3. The third-order valence-corrected chi connectivity index (χ3v) is 3.79. The zero-order chi connectivity index (χ0) is 13.3. The van der Waals surface area contributed by atoms with Crippen molar-refractivity contribution in [3.8, 4) is 0 Å². The lowest BCUT2D eigenvalue weighted by Crippen LogP contribution is -2.29. The van der Waals surface area contributed by atoms with Crippen LogP contribution in [0.25, 0.3) is 0 Å². The number of nitrogens with one attached hydrogen (secondary N) is 1. The van der Waals surface area contributed by atoms with Crippen molar-refractivity contribution in [1.82, 2.24) is 4.57 Å². The van der Waals surface area contributed by atoms with Crippen LogP contribution in [0.4, 0.5) is 5.69 Å². The predicted molar refractivity (Wildman–Crippen MR) is 71.4 cm³/mol. The summed E-state index contributed by atoms with van der Waals surface area (Å²) in [6.45, 7) is 0. The number of carbonyl (C=O) groups is 1. The summed E-state index contributed by atoms with van der Waals surface area (Å²) in [5, 5.41) is 12.4. The van der Waals surface area contributed by atoms with E-state index in [0.717, 1.165) is 6.42 Å². The van der Waals surface area contributed by atoms with Crippen LogP contribution in [0, 0.1) is 5.92 Å². The lowest BCUT2D eigenvalue weighted by molar-refractivity contribution is -0.122. The zero-order valence-electron chi connectivity index (χ0n) is 10.0. The average Bonchev–Trinajstić information content (AvgIpc) is 2.72. The van der Waals surface area contributed by atoms with E-state index in [4.69, 9.17) is 0 Å². The van der Waals surface area contributed by atoms with Crippen molar-refractivity contribution in [2.75, 3.05) is 5.32 Å². The molecule has 98 valence electrons. The SMILES string of the molecule is Cn1cc(NC(=O)C2CCCC2O)cc(Br)c1=O. The maximum absolute atomic E-state index is 12.0. The molecule has 5 nitrogen and oxygen atoms in total. The molecule has 0 radical (unpaired) electrons. The highest BCUT2D eigenvalue weighted by Crippen LogP contribution is 2.26. The van der Waals surface area contributed by atoms with E-state index in [9.17, 15) is 14.7 Å². The van der Waals surface area contributed by atoms with E-state index in [1.54, 1.807) is 19.3 Å². The van der Waals surface area contributed by atoms with Crippen molar-refractivity contribution in [3.63, 3.8) is 0 Å². The molecule has 18 heavy (non-hydrogen) atoms. The van der Waals surface area contributed by atoms with Crippen LogP contribution in [0.1, 0.15) is 19.3 Å². The van der Waals surface area contributed by atoms with Crippen LogP contribution in [-0.4, -0.2) is 21.7 Å². The largest absolute Gasteiger partial charge is 0.392 e. The summed E-state index contributed by atoms with van der Waals surface area (Å²) in [6, 6.07) is 1.57. The van der Waals surface area contributed by atoms with Gasteiger partial charge in [-0.15, -0.1) is 0 Å². The van der Waals surface area contributed by atoms with Crippen LogP contribution in [0.2, 0.25) is 0 Å². The van der Waals surface area contributed by atoms with Crippen molar-refractivity contribution in [3.05, 3.63) is 27.1 Å². The van der Waals surface area contributed by atoms with Crippen LogP contribution in [0.3, 0.4) is 0 Å². The molecule has 2 rings (SSSR count). The number of halogens is 1. The molecule has 1 aromatic heterocycles. The maximum Gasteiger partial charge on any atom is 0.264 e. The number of aliphatic hydroxyl groups is 1. The van der Waals surface area contributed by atoms with Gasteiger partial charge >= 0.3 is 0 Å². The highest BCUT2D eigenvalue weighted by Gasteiger charge is 2.31. The van der Waals surface area contributed by atoms with Crippen LogP contribution < -0.4 is 10.9 Å². The van der Waals surface area contributed by atoms with Gasteiger partial charge in [-0.25, -0.2) is 0 Å². The predicted octanol–water partition coefficient (Wildman–Crippen LogP) is 1.25. The van der Waals surface area contributed by atoms with Gasteiger partial charge in [-0.1, -0.05) is 0 Å². The number of aryl methyl sites for hydroxylation is 1. The van der Waals surface area contributed by atoms with Gasteiger partial charge < -0.3 is 15.0 Å². The van der Waals surface area contributed by atoms with E-state index in [0.29, 0.717) is 23.0 Å². The minimum Gasteiger partial charge on any atom is -0.392 e. The number of rotatable bonds is 2. The smallest absolute Gasteiger partial charge is 0.264 e. The summed E-state index contributed by atoms with van der Waals surface area (Å²) in [6.07, 6.45) is 3.26. The first-order chi connectivity index (χ1) is 8.49. The molecule has 0 bridgehead atoms. The minimum absolute atomic E-state index is 0.158.